The molecule has 9 heteroatoms. The minimum atomic E-state index is -1.42. The largest absolute Gasteiger partial charge is 0.358 e. The summed E-state index contributed by atoms with van der Waals surface area (Å²) in [6.45, 7) is 4.78. The quantitative estimate of drug-likeness (QED) is 0.122. The maximum Gasteiger partial charge on any atom is 0.135 e. The van der Waals surface area contributed by atoms with Gasteiger partial charge in [-0.05, 0) is 90.2 Å². The molecule has 6 aromatic rings. The van der Waals surface area contributed by atoms with Gasteiger partial charge in [-0.2, -0.15) is 14.5 Å². The van der Waals surface area contributed by atoms with Crippen molar-refractivity contribution in [3.05, 3.63) is 96.7 Å². The molecular formula is C36H36FN7S. The number of pyridine rings is 2. The lowest BCUT2D eigenvalue weighted by molar-refractivity contribution is 0.625. The van der Waals surface area contributed by atoms with Crippen molar-refractivity contribution < 1.29 is 4.39 Å². The summed E-state index contributed by atoms with van der Waals surface area (Å²) >= 11 is 0. The monoisotopic (exact) mass is 617 g/mol. The molecule has 1 fully saturated rings. The van der Waals surface area contributed by atoms with Gasteiger partial charge in [-0.15, -0.1) is 0 Å². The highest BCUT2D eigenvalue weighted by molar-refractivity contribution is 8.25. The van der Waals surface area contributed by atoms with Crippen molar-refractivity contribution in [3.63, 3.8) is 0 Å². The van der Waals surface area contributed by atoms with Gasteiger partial charge in [0.25, 0.3) is 0 Å². The van der Waals surface area contributed by atoms with Crippen LogP contribution in [0.2, 0.25) is 0 Å². The summed E-state index contributed by atoms with van der Waals surface area (Å²) in [5, 5.41) is 12.2. The van der Waals surface area contributed by atoms with Crippen molar-refractivity contribution in [1.29, 1.82) is 0 Å². The summed E-state index contributed by atoms with van der Waals surface area (Å²) in [6, 6.07) is 19.2. The van der Waals surface area contributed by atoms with E-state index in [4.69, 9.17) is 4.98 Å². The van der Waals surface area contributed by atoms with Crippen molar-refractivity contribution in [3.8, 4) is 33.8 Å². The molecule has 0 atom stereocenters. The first kappa shape index (κ1) is 29.0. The zero-order valence-electron chi connectivity index (χ0n) is 25.3. The SMILES string of the molecule is C=C(Nc1cncc(-c2ccc3[nH]nc(-c4cc5c(-c6cc(F)cc(CNS(=C)(=C)C)c6)cccc5[nH]4)c3n2)c1)C1CCCC1. The number of hydrogen-bond donors (Lipinski definition) is 4. The van der Waals surface area contributed by atoms with Crippen LogP contribution in [-0.4, -0.2) is 43.1 Å². The number of nitrogens with zero attached hydrogens (tertiary/aromatic N) is 3. The second-order valence-corrected chi connectivity index (χ2v) is 15.0. The number of nitrogens with one attached hydrogen (secondary N) is 4. The van der Waals surface area contributed by atoms with Gasteiger partial charge in [-0.3, -0.25) is 14.8 Å². The molecule has 0 aliphatic heterocycles. The van der Waals surface area contributed by atoms with Gasteiger partial charge in [-0.1, -0.05) is 43.3 Å². The van der Waals surface area contributed by atoms with Crippen molar-refractivity contribution >= 4 is 48.8 Å². The molecule has 228 valence electrons. The summed E-state index contributed by atoms with van der Waals surface area (Å²) < 4.78 is 18.1. The van der Waals surface area contributed by atoms with E-state index in [1.54, 1.807) is 12.1 Å². The Hall–Kier alpha value is -4.73. The van der Waals surface area contributed by atoms with Gasteiger partial charge >= 0.3 is 0 Å². The zero-order valence-corrected chi connectivity index (χ0v) is 26.1. The molecule has 7 rings (SSSR count). The third-order valence-electron chi connectivity index (χ3n) is 8.41. The second kappa shape index (κ2) is 11.6. The number of H-pyrrole nitrogens is 2. The number of aromatic nitrogens is 5. The molecule has 4 N–H and O–H groups in total. The summed E-state index contributed by atoms with van der Waals surface area (Å²) in [7, 11) is -1.42. The van der Waals surface area contributed by atoms with Crippen LogP contribution in [0.4, 0.5) is 10.1 Å². The Kier molecular flexibility index (Phi) is 7.51. The average molecular weight is 618 g/mol. The van der Waals surface area contributed by atoms with E-state index in [0.717, 1.165) is 67.0 Å². The third kappa shape index (κ3) is 6.14. The lowest BCUT2D eigenvalue weighted by Gasteiger charge is -2.15. The van der Waals surface area contributed by atoms with Gasteiger partial charge in [0, 0.05) is 34.9 Å². The number of fused-ring (bicyclic) bond motifs is 2. The first-order valence-corrected chi connectivity index (χ1v) is 17.5. The highest BCUT2D eigenvalue weighted by Gasteiger charge is 2.19. The Morgan fingerprint density at radius 1 is 1.00 bits per heavy atom. The second-order valence-electron chi connectivity index (χ2n) is 12.2. The Morgan fingerprint density at radius 3 is 2.67 bits per heavy atom. The summed E-state index contributed by atoms with van der Waals surface area (Å²) in [5.41, 5.74) is 10.3. The average Bonchev–Trinajstić information content (AvgIpc) is 3.79. The molecule has 4 aromatic heterocycles. The number of anilines is 1. The molecule has 0 amide bonds. The molecule has 0 unspecified atom stereocenters. The Morgan fingerprint density at radius 2 is 1.84 bits per heavy atom. The minimum Gasteiger partial charge on any atom is -0.358 e. The van der Waals surface area contributed by atoms with Gasteiger partial charge in [0.05, 0.1) is 28.8 Å². The maximum atomic E-state index is 14.8. The fourth-order valence-electron chi connectivity index (χ4n) is 6.16. The molecule has 1 aliphatic rings. The van der Waals surface area contributed by atoms with Crippen LogP contribution in [0.5, 0.6) is 0 Å². The first-order chi connectivity index (χ1) is 21.7. The molecule has 0 spiro atoms. The predicted octanol–water partition coefficient (Wildman–Crippen LogP) is 8.39. The number of halogens is 1. The summed E-state index contributed by atoms with van der Waals surface area (Å²) in [5.74, 6) is 8.37. The maximum absolute atomic E-state index is 14.8. The third-order valence-corrected chi connectivity index (χ3v) is 9.25. The van der Waals surface area contributed by atoms with Gasteiger partial charge in [-0.25, -0.2) is 9.37 Å². The van der Waals surface area contributed by atoms with Crippen LogP contribution >= 0.6 is 9.39 Å². The van der Waals surface area contributed by atoms with Crippen LogP contribution in [0.3, 0.4) is 0 Å². The van der Waals surface area contributed by atoms with Gasteiger partial charge in [0.15, 0.2) is 0 Å². The van der Waals surface area contributed by atoms with E-state index in [9.17, 15) is 4.39 Å². The van der Waals surface area contributed by atoms with Crippen LogP contribution in [-0.2, 0) is 6.54 Å². The van der Waals surface area contributed by atoms with E-state index < -0.39 is 9.39 Å². The molecule has 2 aromatic carbocycles. The molecule has 0 radical (unpaired) electrons. The molecule has 0 bridgehead atoms. The topological polar surface area (TPSA) is 94.3 Å². The molecule has 4 heterocycles. The first-order valence-electron chi connectivity index (χ1n) is 15.1. The zero-order chi connectivity index (χ0) is 31.1. The highest BCUT2D eigenvalue weighted by atomic mass is 32.2. The lowest BCUT2D eigenvalue weighted by atomic mass is 9.99. The van der Waals surface area contributed by atoms with E-state index in [1.807, 2.05) is 55.0 Å². The number of allylic oxidation sites excluding steroid dienone is 1. The summed E-state index contributed by atoms with van der Waals surface area (Å²) in [4.78, 5) is 13.0. The van der Waals surface area contributed by atoms with Crippen LogP contribution in [0, 0.1) is 11.7 Å². The molecule has 45 heavy (non-hydrogen) atoms. The number of rotatable bonds is 9. The van der Waals surface area contributed by atoms with E-state index in [2.05, 4.69) is 60.7 Å². The van der Waals surface area contributed by atoms with E-state index in [0.29, 0.717) is 18.2 Å². The van der Waals surface area contributed by atoms with E-state index in [1.165, 1.54) is 25.7 Å². The minimum absolute atomic E-state index is 0.284. The fraction of sp³-hybridized carbons (Fsp3) is 0.194. The van der Waals surface area contributed by atoms with Crippen molar-refractivity contribution in [1.82, 2.24) is 29.9 Å². The van der Waals surface area contributed by atoms with Gasteiger partial charge < -0.3 is 10.3 Å². The fourth-order valence-corrected chi connectivity index (χ4v) is 6.67. The Bertz CT molecular complexity index is 2170. The van der Waals surface area contributed by atoms with Crippen LogP contribution in [0.15, 0.2) is 85.3 Å². The van der Waals surface area contributed by atoms with Gasteiger partial charge in [0.1, 0.15) is 17.0 Å². The molecule has 7 nitrogen and oxygen atoms in total. The molecular weight excluding hydrogens is 582 g/mol. The molecule has 1 saturated carbocycles. The van der Waals surface area contributed by atoms with E-state index in [-0.39, 0.29) is 5.82 Å². The van der Waals surface area contributed by atoms with Crippen LogP contribution in [0.25, 0.3) is 55.7 Å². The number of hydrogen-bond acceptors (Lipinski definition) is 5. The van der Waals surface area contributed by atoms with E-state index >= 15 is 0 Å². The lowest BCUT2D eigenvalue weighted by Crippen LogP contribution is -2.08. The highest BCUT2D eigenvalue weighted by Crippen LogP contribution is 2.36. The molecule has 1 aliphatic carbocycles. The van der Waals surface area contributed by atoms with Crippen LogP contribution in [0.1, 0.15) is 31.2 Å². The van der Waals surface area contributed by atoms with Crippen molar-refractivity contribution in [2.24, 2.45) is 5.92 Å². The summed E-state index contributed by atoms with van der Waals surface area (Å²) in [6.07, 6.45) is 10.5. The van der Waals surface area contributed by atoms with Crippen molar-refractivity contribution in [2.45, 2.75) is 32.2 Å². The van der Waals surface area contributed by atoms with Gasteiger partial charge in [0.2, 0.25) is 0 Å². The van der Waals surface area contributed by atoms with Crippen LogP contribution < -0.4 is 10.0 Å². The number of benzene rings is 2. The standard InChI is InChI=1S/C36H36FN7S/c1-22(24-8-5-6-9-24)40-28-17-26(20-38-21-28)31-12-13-33-35(42-31)36(44-43-33)34-18-30-29(10-7-11-32(30)41-34)25-14-23(15-27(37)16-25)19-39-45(2,3)4/h7,10-18,20-21,24,39-41H,1-3,5-6,8-9,19H2,4H3,(H,43,44). The smallest absolute Gasteiger partial charge is 0.135 e. The number of aromatic amines is 2. The Balaban J connectivity index is 1.22. The van der Waals surface area contributed by atoms with Crippen molar-refractivity contribution in [2.75, 3.05) is 11.6 Å². The predicted molar refractivity (Wildman–Crippen MR) is 189 cm³/mol. The molecule has 0 saturated heterocycles. The normalized spacial score (nSPS) is 14.0. The Labute approximate surface area is 262 Å².